The molecule has 2 saturated heterocycles. The number of aromatic nitrogens is 2. The van der Waals surface area contributed by atoms with Crippen LogP contribution >= 0.6 is 0 Å². The van der Waals surface area contributed by atoms with Crippen molar-refractivity contribution in [3.8, 4) is 5.69 Å². The second kappa shape index (κ2) is 7.71. The Balaban J connectivity index is 1.53. The first-order valence-electron chi connectivity index (χ1n) is 13.1. The first-order chi connectivity index (χ1) is 18.3. The molecule has 1 aromatic heterocycles. The van der Waals surface area contributed by atoms with Gasteiger partial charge >= 0.3 is 0 Å². The van der Waals surface area contributed by atoms with Crippen LogP contribution in [-0.2, 0) is 15.1 Å². The zero-order valence-corrected chi connectivity index (χ0v) is 21.7. The molecule has 4 aromatic rings. The van der Waals surface area contributed by atoms with Crippen molar-refractivity contribution < 1.29 is 9.59 Å². The van der Waals surface area contributed by atoms with Crippen LogP contribution in [0.5, 0.6) is 0 Å². The van der Waals surface area contributed by atoms with E-state index in [1.54, 1.807) is 10.6 Å². The van der Waals surface area contributed by atoms with E-state index in [1.807, 2.05) is 74.5 Å². The fraction of sp³-hybridized carbons (Fsp3) is 0.290. The molecule has 1 N–H and O–H groups in total. The Morgan fingerprint density at radius 3 is 2.39 bits per heavy atom. The molecule has 3 aliphatic rings. The summed E-state index contributed by atoms with van der Waals surface area (Å²) in [5.41, 5.74) is 3.50. The highest BCUT2D eigenvalue weighted by Crippen LogP contribution is 2.56. The van der Waals surface area contributed by atoms with Crippen molar-refractivity contribution in [3.05, 3.63) is 99.6 Å². The summed E-state index contributed by atoms with van der Waals surface area (Å²) in [4.78, 5) is 48.8. The topological polar surface area (TPSA) is 84.3 Å². The van der Waals surface area contributed by atoms with Crippen molar-refractivity contribution in [1.29, 1.82) is 0 Å². The minimum atomic E-state index is -1.11. The normalized spacial score (nSPS) is 25.5. The number of hydrogen-bond donors (Lipinski definition) is 1. The number of fused-ring (bicyclic) bond motifs is 8. The third kappa shape index (κ3) is 2.72. The van der Waals surface area contributed by atoms with E-state index in [9.17, 15) is 14.4 Å². The van der Waals surface area contributed by atoms with Gasteiger partial charge in [-0.2, -0.15) is 0 Å². The first-order valence-corrected chi connectivity index (χ1v) is 13.1. The van der Waals surface area contributed by atoms with E-state index >= 15 is 0 Å². The highest BCUT2D eigenvalue weighted by Gasteiger charge is 2.70. The van der Waals surface area contributed by atoms with Crippen molar-refractivity contribution in [3.63, 3.8) is 0 Å². The Morgan fingerprint density at radius 2 is 1.63 bits per heavy atom. The zero-order valence-electron chi connectivity index (χ0n) is 21.7. The number of carbonyl (C=O) groups is 2. The van der Waals surface area contributed by atoms with E-state index in [2.05, 4.69) is 19.2 Å². The molecule has 0 radical (unpaired) electrons. The number of nitrogens with one attached hydrogen (secondary N) is 1. The molecule has 3 aliphatic heterocycles. The number of benzene rings is 3. The quantitative estimate of drug-likeness (QED) is 0.418. The van der Waals surface area contributed by atoms with Gasteiger partial charge in [-0.15, -0.1) is 0 Å². The zero-order chi connectivity index (χ0) is 26.5. The van der Waals surface area contributed by atoms with Crippen LogP contribution in [0.1, 0.15) is 36.4 Å². The standard InChI is InChI=1S/C31H28N4O3/c1-16(2)26-24-25(29(38)34(28(24)37)19-14-13-17(3)18(4)15-19)31(33-26)21-10-6-8-12-23(21)35-27(36)20-9-5-7-11-22(20)32-30(31)35/h5-16,24-26,33H,1-4H3/t24-,25-,26+,31+/m1/s1. The van der Waals surface area contributed by atoms with Crippen molar-refractivity contribution >= 4 is 28.4 Å². The average molecular weight is 505 g/mol. The Labute approximate surface area is 220 Å². The third-order valence-corrected chi connectivity index (χ3v) is 8.76. The molecular weight excluding hydrogens is 476 g/mol. The molecule has 0 saturated carbocycles. The Kier molecular flexibility index (Phi) is 4.68. The highest BCUT2D eigenvalue weighted by atomic mass is 16.2. The minimum absolute atomic E-state index is 0.0618. The lowest BCUT2D eigenvalue weighted by molar-refractivity contribution is -0.123. The van der Waals surface area contributed by atoms with E-state index in [4.69, 9.17) is 4.98 Å². The number of nitrogens with zero attached hydrogens (tertiary/aromatic N) is 3. The lowest BCUT2D eigenvalue weighted by Gasteiger charge is -2.32. The Morgan fingerprint density at radius 1 is 0.895 bits per heavy atom. The van der Waals surface area contributed by atoms with Crippen molar-refractivity contribution in [2.24, 2.45) is 17.8 Å². The molecule has 1 spiro atoms. The lowest BCUT2D eigenvalue weighted by atomic mass is 9.75. The number of imide groups is 1. The molecule has 2 fully saturated rings. The number of amides is 2. The number of para-hydroxylation sites is 2. The summed E-state index contributed by atoms with van der Waals surface area (Å²) in [7, 11) is 0. The largest absolute Gasteiger partial charge is 0.296 e. The summed E-state index contributed by atoms with van der Waals surface area (Å²) in [6, 6.07) is 20.4. The Bertz CT molecular complexity index is 1760. The van der Waals surface area contributed by atoms with Crippen LogP contribution < -0.4 is 15.8 Å². The van der Waals surface area contributed by atoms with Gasteiger partial charge in [-0.3, -0.25) is 24.3 Å². The van der Waals surface area contributed by atoms with Crippen LogP contribution in [0.2, 0.25) is 0 Å². The van der Waals surface area contributed by atoms with E-state index in [0.29, 0.717) is 28.1 Å². The molecule has 3 aromatic carbocycles. The summed E-state index contributed by atoms with van der Waals surface area (Å²) in [5, 5.41) is 4.25. The summed E-state index contributed by atoms with van der Waals surface area (Å²) < 4.78 is 1.64. The minimum Gasteiger partial charge on any atom is -0.296 e. The van der Waals surface area contributed by atoms with Gasteiger partial charge in [0, 0.05) is 11.6 Å². The van der Waals surface area contributed by atoms with E-state index in [1.165, 1.54) is 4.90 Å². The Hall–Kier alpha value is -4.10. The fourth-order valence-electron chi connectivity index (χ4n) is 6.84. The molecule has 2 amide bonds. The van der Waals surface area contributed by atoms with E-state index < -0.39 is 17.4 Å². The van der Waals surface area contributed by atoms with Gasteiger partial charge in [0.1, 0.15) is 11.4 Å². The average Bonchev–Trinajstić information content (AvgIpc) is 3.50. The van der Waals surface area contributed by atoms with Crippen molar-refractivity contribution in [2.45, 2.75) is 39.3 Å². The molecular formula is C31H28N4O3. The number of rotatable bonds is 2. The van der Waals surface area contributed by atoms with Gasteiger partial charge in [0.05, 0.1) is 34.1 Å². The third-order valence-electron chi connectivity index (χ3n) is 8.76. The monoisotopic (exact) mass is 504 g/mol. The van der Waals surface area contributed by atoms with Crippen LogP contribution in [0.25, 0.3) is 16.6 Å². The second-order valence-corrected chi connectivity index (χ2v) is 11.1. The van der Waals surface area contributed by atoms with E-state index in [-0.39, 0.29) is 29.3 Å². The smallest absolute Gasteiger partial charge is 0.266 e. The predicted octanol–water partition coefficient (Wildman–Crippen LogP) is 3.99. The van der Waals surface area contributed by atoms with Gasteiger partial charge in [-0.05, 0) is 61.2 Å². The second-order valence-electron chi connectivity index (χ2n) is 11.1. The van der Waals surface area contributed by atoms with E-state index in [0.717, 1.165) is 16.7 Å². The molecule has 190 valence electrons. The molecule has 38 heavy (non-hydrogen) atoms. The van der Waals surface area contributed by atoms with Gasteiger partial charge in [-0.25, -0.2) is 9.88 Å². The van der Waals surface area contributed by atoms with Gasteiger partial charge in [0.25, 0.3) is 5.56 Å². The van der Waals surface area contributed by atoms with Crippen molar-refractivity contribution in [2.75, 3.05) is 4.90 Å². The van der Waals surface area contributed by atoms with Crippen molar-refractivity contribution in [1.82, 2.24) is 14.9 Å². The van der Waals surface area contributed by atoms with Crippen LogP contribution in [0.4, 0.5) is 5.69 Å². The van der Waals surface area contributed by atoms with Gasteiger partial charge in [-0.1, -0.05) is 50.2 Å². The number of carbonyl (C=O) groups excluding carboxylic acids is 2. The molecule has 0 unspecified atom stereocenters. The van der Waals surface area contributed by atoms with Gasteiger partial charge < -0.3 is 0 Å². The molecule has 7 heteroatoms. The number of hydrogen-bond acceptors (Lipinski definition) is 5. The summed E-state index contributed by atoms with van der Waals surface area (Å²) in [6.07, 6.45) is 0. The number of anilines is 1. The van der Waals surface area contributed by atoms with Crippen LogP contribution in [0, 0.1) is 31.6 Å². The molecule has 7 rings (SSSR count). The highest BCUT2D eigenvalue weighted by molar-refractivity contribution is 6.23. The van der Waals surface area contributed by atoms with Crippen LogP contribution in [0.3, 0.4) is 0 Å². The molecule has 0 aliphatic carbocycles. The molecule has 4 atom stereocenters. The molecule has 7 nitrogen and oxygen atoms in total. The maximum absolute atomic E-state index is 14.4. The lowest BCUT2D eigenvalue weighted by Crippen LogP contribution is -2.51. The van der Waals surface area contributed by atoms with Crippen LogP contribution in [-0.4, -0.2) is 27.4 Å². The fourth-order valence-corrected chi connectivity index (χ4v) is 6.84. The SMILES string of the molecule is Cc1ccc(N2C(=O)[C@H]3[C@H](C(C)C)N[C@@]4(c5ccccc5-n5c4nc4ccccc4c5=O)[C@H]3C2=O)cc1C. The molecule has 0 bridgehead atoms. The predicted molar refractivity (Wildman–Crippen MR) is 145 cm³/mol. The molecule has 4 heterocycles. The maximum atomic E-state index is 14.4. The first kappa shape index (κ1) is 23.0. The van der Waals surface area contributed by atoms with Crippen LogP contribution in [0.15, 0.2) is 71.5 Å². The van der Waals surface area contributed by atoms with Gasteiger partial charge in [0.15, 0.2) is 0 Å². The summed E-state index contributed by atoms with van der Waals surface area (Å²) >= 11 is 0. The maximum Gasteiger partial charge on any atom is 0.266 e. The summed E-state index contributed by atoms with van der Waals surface area (Å²) in [5.74, 6) is -1.26. The number of aryl methyl sites for hydroxylation is 2. The summed E-state index contributed by atoms with van der Waals surface area (Å²) in [6.45, 7) is 8.11. The van der Waals surface area contributed by atoms with Gasteiger partial charge in [0.2, 0.25) is 11.8 Å².